The molecule has 0 spiro atoms. The van der Waals surface area contributed by atoms with Crippen LogP contribution in [0.3, 0.4) is 0 Å². The first-order valence-corrected chi connectivity index (χ1v) is 5.86. The van der Waals surface area contributed by atoms with E-state index < -0.39 is 10.8 Å². The Balaban J connectivity index is 2.06. The first kappa shape index (κ1) is 13.9. The lowest BCUT2D eigenvalue weighted by molar-refractivity contribution is -0.384. The van der Waals surface area contributed by atoms with Gasteiger partial charge in [-0.1, -0.05) is 16.8 Å². The normalized spacial score (nSPS) is 10.3. The third-order valence-electron chi connectivity index (χ3n) is 2.38. The lowest BCUT2D eigenvalue weighted by atomic mass is 10.2. The van der Waals surface area contributed by atoms with Gasteiger partial charge in [0.25, 0.3) is 11.6 Å². The van der Waals surface area contributed by atoms with Gasteiger partial charge in [0.2, 0.25) is 5.89 Å². The molecule has 20 heavy (non-hydrogen) atoms. The number of rotatable bonds is 4. The molecule has 0 aliphatic carbocycles. The quantitative estimate of drug-likeness (QED) is 0.681. The highest BCUT2D eigenvalue weighted by Crippen LogP contribution is 2.24. The smallest absolute Gasteiger partial charge is 0.287 e. The van der Waals surface area contributed by atoms with Crippen LogP contribution in [0.1, 0.15) is 22.1 Å². The number of nitrogens with one attached hydrogen (secondary N) is 1. The van der Waals surface area contributed by atoms with E-state index in [1.165, 1.54) is 18.2 Å². The summed E-state index contributed by atoms with van der Waals surface area (Å²) >= 11 is 5.73. The maximum Gasteiger partial charge on any atom is 0.287 e. The van der Waals surface area contributed by atoms with E-state index >= 15 is 0 Å². The van der Waals surface area contributed by atoms with Crippen LogP contribution < -0.4 is 5.32 Å². The van der Waals surface area contributed by atoms with Crippen LogP contribution >= 0.6 is 11.6 Å². The van der Waals surface area contributed by atoms with Gasteiger partial charge in [-0.25, -0.2) is 0 Å². The zero-order valence-corrected chi connectivity index (χ0v) is 11.0. The van der Waals surface area contributed by atoms with Crippen molar-refractivity contribution >= 4 is 23.2 Å². The Labute approximate surface area is 117 Å². The topological polar surface area (TPSA) is 111 Å². The van der Waals surface area contributed by atoms with Crippen molar-refractivity contribution < 1.29 is 14.2 Å². The molecular formula is C11H9ClN4O4. The molecule has 8 nitrogen and oxygen atoms in total. The number of carbonyl (C=O) groups is 1. The van der Waals surface area contributed by atoms with Crippen LogP contribution in [0.15, 0.2) is 22.7 Å². The fourth-order valence-corrected chi connectivity index (χ4v) is 1.72. The van der Waals surface area contributed by atoms with Crippen molar-refractivity contribution in [2.45, 2.75) is 13.5 Å². The molecule has 0 saturated carbocycles. The maximum atomic E-state index is 11.8. The highest BCUT2D eigenvalue weighted by molar-refractivity contribution is 6.33. The van der Waals surface area contributed by atoms with Gasteiger partial charge in [0, 0.05) is 11.6 Å². The van der Waals surface area contributed by atoms with Crippen LogP contribution in [0.25, 0.3) is 0 Å². The second-order valence-electron chi connectivity index (χ2n) is 3.84. The standard InChI is InChI=1S/C11H9ClN4O4/c1-6-14-10(20-15-6)5-13-11(17)7-2-3-9(16(18)19)8(12)4-7/h2-4H,5H2,1H3,(H,13,17). The number of aryl methyl sites for hydroxylation is 1. The van der Waals surface area contributed by atoms with Crippen molar-refractivity contribution in [3.8, 4) is 0 Å². The Morgan fingerprint density at radius 1 is 1.55 bits per heavy atom. The molecule has 0 aliphatic rings. The van der Waals surface area contributed by atoms with Gasteiger partial charge in [0.05, 0.1) is 11.5 Å². The van der Waals surface area contributed by atoms with Gasteiger partial charge in [-0.05, 0) is 19.1 Å². The summed E-state index contributed by atoms with van der Waals surface area (Å²) < 4.78 is 4.83. The third kappa shape index (κ3) is 3.09. The molecule has 0 fully saturated rings. The van der Waals surface area contributed by atoms with Gasteiger partial charge in [-0.2, -0.15) is 4.98 Å². The van der Waals surface area contributed by atoms with Crippen LogP contribution in [-0.4, -0.2) is 21.0 Å². The zero-order chi connectivity index (χ0) is 14.7. The number of nitro groups is 1. The predicted molar refractivity (Wildman–Crippen MR) is 68.3 cm³/mol. The highest BCUT2D eigenvalue weighted by atomic mass is 35.5. The average molecular weight is 297 g/mol. The molecule has 2 rings (SSSR count). The Morgan fingerprint density at radius 3 is 2.85 bits per heavy atom. The van der Waals surface area contributed by atoms with Crippen LogP contribution in [0.4, 0.5) is 5.69 Å². The second kappa shape index (κ2) is 5.66. The van der Waals surface area contributed by atoms with Crippen molar-refractivity contribution in [1.29, 1.82) is 0 Å². The molecular weight excluding hydrogens is 288 g/mol. The van der Waals surface area contributed by atoms with Crippen molar-refractivity contribution in [2.75, 3.05) is 0 Å². The van der Waals surface area contributed by atoms with E-state index in [2.05, 4.69) is 15.5 Å². The van der Waals surface area contributed by atoms with Gasteiger partial charge >= 0.3 is 0 Å². The molecule has 9 heteroatoms. The van der Waals surface area contributed by atoms with Crippen LogP contribution in [0.2, 0.25) is 5.02 Å². The maximum absolute atomic E-state index is 11.8. The Morgan fingerprint density at radius 2 is 2.30 bits per heavy atom. The van der Waals surface area contributed by atoms with E-state index in [9.17, 15) is 14.9 Å². The fourth-order valence-electron chi connectivity index (χ4n) is 1.47. The summed E-state index contributed by atoms with van der Waals surface area (Å²) in [6, 6.07) is 3.72. The van der Waals surface area contributed by atoms with Crippen molar-refractivity contribution in [3.63, 3.8) is 0 Å². The number of amides is 1. The number of hydrogen-bond acceptors (Lipinski definition) is 6. The minimum Gasteiger partial charge on any atom is -0.343 e. The SMILES string of the molecule is Cc1noc(CNC(=O)c2ccc([N+](=O)[O-])c(Cl)c2)n1. The largest absolute Gasteiger partial charge is 0.343 e. The molecule has 1 N–H and O–H groups in total. The molecule has 1 heterocycles. The number of aromatic nitrogens is 2. The number of nitro benzene ring substituents is 1. The summed E-state index contributed by atoms with van der Waals surface area (Å²) in [5, 5.41) is 16.6. The summed E-state index contributed by atoms with van der Waals surface area (Å²) in [5.41, 5.74) is -0.0485. The second-order valence-corrected chi connectivity index (χ2v) is 4.25. The summed E-state index contributed by atoms with van der Waals surface area (Å²) in [4.78, 5) is 25.7. The Kier molecular flexibility index (Phi) is 3.94. The monoisotopic (exact) mass is 296 g/mol. The number of benzene rings is 1. The Hall–Kier alpha value is -2.48. The predicted octanol–water partition coefficient (Wildman–Crippen LogP) is 1.87. The van der Waals surface area contributed by atoms with Gasteiger partial charge in [-0.3, -0.25) is 14.9 Å². The summed E-state index contributed by atoms with van der Waals surface area (Å²) in [7, 11) is 0. The van der Waals surface area contributed by atoms with Gasteiger partial charge in [0.15, 0.2) is 5.82 Å². The van der Waals surface area contributed by atoms with E-state index in [0.29, 0.717) is 5.82 Å². The van der Waals surface area contributed by atoms with E-state index in [1.807, 2.05) is 0 Å². The van der Waals surface area contributed by atoms with E-state index in [0.717, 1.165) is 0 Å². The molecule has 0 saturated heterocycles. The molecule has 1 aromatic heterocycles. The number of hydrogen-bond donors (Lipinski definition) is 1. The Bertz CT molecular complexity index is 670. The van der Waals surface area contributed by atoms with Crippen molar-refractivity contribution in [3.05, 3.63) is 50.6 Å². The molecule has 0 aliphatic heterocycles. The van der Waals surface area contributed by atoms with Crippen LogP contribution in [0.5, 0.6) is 0 Å². The van der Waals surface area contributed by atoms with Crippen LogP contribution in [-0.2, 0) is 6.54 Å². The number of nitrogens with zero attached hydrogens (tertiary/aromatic N) is 3. The van der Waals surface area contributed by atoms with Crippen molar-refractivity contribution in [2.24, 2.45) is 0 Å². The van der Waals surface area contributed by atoms with Crippen molar-refractivity contribution in [1.82, 2.24) is 15.5 Å². The molecule has 0 atom stereocenters. The van der Waals surface area contributed by atoms with Crippen LogP contribution in [0, 0.1) is 17.0 Å². The van der Waals surface area contributed by atoms with Gasteiger partial charge in [0.1, 0.15) is 5.02 Å². The molecule has 1 amide bonds. The van der Waals surface area contributed by atoms with E-state index in [1.54, 1.807) is 6.92 Å². The van der Waals surface area contributed by atoms with E-state index in [-0.39, 0.29) is 28.7 Å². The highest BCUT2D eigenvalue weighted by Gasteiger charge is 2.15. The fraction of sp³-hybridized carbons (Fsp3) is 0.182. The summed E-state index contributed by atoms with van der Waals surface area (Å²) in [6.07, 6.45) is 0. The molecule has 0 unspecified atom stereocenters. The van der Waals surface area contributed by atoms with Gasteiger partial charge in [-0.15, -0.1) is 0 Å². The first-order valence-electron chi connectivity index (χ1n) is 5.48. The molecule has 0 bridgehead atoms. The number of carbonyl (C=O) groups excluding carboxylic acids is 1. The molecule has 1 aromatic carbocycles. The molecule has 104 valence electrons. The zero-order valence-electron chi connectivity index (χ0n) is 10.3. The third-order valence-corrected chi connectivity index (χ3v) is 2.68. The lowest BCUT2D eigenvalue weighted by Gasteiger charge is -2.03. The average Bonchev–Trinajstić information content (AvgIpc) is 2.81. The minimum absolute atomic E-state index is 0.0638. The lowest BCUT2D eigenvalue weighted by Crippen LogP contribution is -2.23. The number of halogens is 1. The molecule has 2 aromatic rings. The summed E-state index contributed by atoms with van der Waals surface area (Å²) in [6.45, 7) is 1.72. The first-order chi connectivity index (χ1) is 9.47. The van der Waals surface area contributed by atoms with Gasteiger partial charge < -0.3 is 9.84 Å². The molecule has 0 radical (unpaired) electrons. The minimum atomic E-state index is -0.620. The summed E-state index contributed by atoms with van der Waals surface area (Å²) in [5.74, 6) is 0.286. The van der Waals surface area contributed by atoms with E-state index in [4.69, 9.17) is 16.1 Å².